The van der Waals surface area contributed by atoms with Gasteiger partial charge in [-0.05, 0) is 36.8 Å². The first-order valence-corrected chi connectivity index (χ1v) is 9.24. The van der Waals surface area contributed by atoms with Crippen LogP contribution >= 0.6 is 0 Å². The van der Waals surface area contributed by atoms with Crippen molar-refractivity contribution >= 4 is 11.7 Å². The molecule has 1 N–H and O–H groups in total. The molecule has 1 atom stereocenters. The third-order valence-electron chi connectivity index (χ3n) is 4.48. The Kier molecular flexibility index (Phi) is 6.47. The van der Waals surface area contributed by atoms with Crippen molar-refractivity contribution in [3.8, 4) is 5.75 Å². The molecule has 0 radical (unpaired) electrons. The molecule has 148 valence electrons. The van der Waals surface area contributed by atoms with Gasteiger partial charge in [-0.25, -0.2) is 9.18 Å². The minimum absolute atomic E-state index is 0.193. The average molecular weight is 385 g/mol. The van der Waals surface area contributed by atoms with Gasteiger partial charge in [-0.1, -0.05) is 29.4 Å². The standard InChI is InChI=1S/C21H24FN3O3/c1-3-23-21(26)25(13-15-8-10-16(22)11-9-15)14-17-12-19(24-28-17)18-6-4-5-7-20(18)27-2/h4-11,17H,3,12-14H2,1-2H3,(H,23,26). The molecule has 1 aliphatic heterocycles. The number of methoxy groups -OCH3 is 1. The summed E-state index contributed by atoms with van der Waals surface area (Å²) in [4.78, 5) is 19.7. The fourth-order valence-electron chi connectivity index (χ4n) is 3.11. The Labute approximate surface area is 163 Å². The highest BCUT2D eigenvalue weighted by molar-refractivity contribution is 6.03. The highest BCUT2D eigenvalue weighted by atomic mass is 19.1. The van der Waals surface area contributed by atoms with E-state index in [0.29, 0.717) is 26.1 Å². The Hall–Kier alpha value is -3.09. The zero-order chi connectivity index (χ0) is 19.9. The zero-order valence-corrected chi connectivity index (χ0v) is 16.0. The Morgan fingerprint density at radius 2 is 2.04 bits per heavy atom. The average Bonchev–Trinajstić information content (AvgIpc) is 3.17. The summed E-state index contributed by atoms with van der Waals surface area (Å²) in [6.45, 7) is 3.11. The molecular formula is C21H24FN3O3. The normalized spacial score (nSPS) is 15.5. The van der Waals surface area contributed by atoms with Crippen LogP contribution in [0.25, 0.3) is 0 Å². The zero-order valence-electron chi connectivity index (χ0n) is 16.0. The van der Waals surface area contributed by atoms with Crippen molar-refractivity contribution < 1.29 is 18.8 Å². The third kappa shape index (κ3) is 4.79. The molecule has 2 aromatic carbocycles. The van der Waals surface area contributed by atoms with Gasteiger partial charge in [0.1, 0.15) is 11.6 Å². The maximum atomic E-state index is 13.2. The van der Waals surface area contributed by atoms with Crippen LogP contribution in [0, 0.1) is 5.82 Å². The number of benzene rings is 2. The van der Waals surface area contributed by atoms with Gasteiger partial charge in [0.2, 0.25) is 0 Å². The predicted molar refractivity (Wildman–Crippen MR) is 105 cm³/mol. The summed E-state index contributed by atoms with van der Waals surface area (Å²) >= 11 is 0. The number of hydrogen-bond donors (Lipinski definition) is 1. The Bertz CT molecular complexity index is 839. The smallest absolute Gasteiger partial charge is 0.317 e. The van der Waals surface area contributed by atoms with Gasteiger partial charge in [0.05, 0.1) is 19.4 Å². The van der Waals surface area contributed by atoms with Crippen LogP contribution in [0.5, 0.6) is 5.75 Å². The number of carbonyl (C=O) groups excluding carboxylic acids is 1. The number of nitrogens with one attached hydrogen (secondary N) is 1. The lowest BCUT2D eigenvalue weighted by Crippen LogP contribution is -2.43. The van der Waals surface area contributed by atoms with E-state index in [0.717, 1.165) is 22.6 Å². The van der Waals surface area contributed by atoms with Gasteiger partial charge < -0.3 is 19.8 Å². The molecule has 6 nitrogen and oxygen atoms in total. The second-order valence-corrected chi connectivity index (χ2v) is 6.51. The molecule has 0 aliphatic carbocycles. The molecule has 3 rings (SSSR count). The van der Waals surface area contributed by atoms with Crippen LogP contribution in [0.3, 0.4) is 0 Å². The van der Waals surface area contributed by atoms with E-state index in [9.17, 15) is 9.18 Å². The Morgan fingerprint density at radius 3 is 2.75 bits per heavy atom. The fourth-order valence-corrected chi connectivity index (χ4v) is 3.11. The van der Waals surface area contributed by atoms with Crippen molar-refractivity contribution in [3.05, 3.63) is 65.5 Å². The number of amides is 2. The van der Waals surface area contributed by atoms with Crippen LogP contribution in [0.4, 0.5) is 9.18 Å². The highest BCUT2D eigenvalue weighted by Gasteiger charge is 2.28. The fraction of sp³-hybridized carbons (Fsp3) is 0.333. The van der Waals surface area contributed by atoms with Gasteiger partial charge in [0.25, 0.3) is 0 Å². The van der Waals surface area contributed by atoms with Crippen molar-refractivity contribution in [2.45, 2.75) is 26.0 Å². The molecular weight excluding hydrogens is 361 g/mol. The lowest BCUT2D eigenvalue weighted by atomic mass is 10.0. The molecule has 0 fully saturated rings. The van der Waals surface area contributed by atoms with Crippen molar-refractivity contribution in [1.29, 1.82) is 0 Å². The number of oxime groups is 1. The van der Waals surface area contributed by atoms with E-state index in [1.807, 2.05) is 31.2 Å². The number of hydrogen-bond acceptors (Lipinski definition) is 4. The molecule has 0 saturated heterocycles. The SMILES string of the molecule is CCNC(=O)N(Cc1ccc(F)cc1)CC1CC(c2ccccc2OC)=NO1. The summed E-state index contributed by atoms with van der Waals surface area (Å²) in [5.74, 6) is 0.430. The molecule has 28 heavy (non-hydrogen) atoms. The van der Waals surface area contributed by atoms with Crippen molar-refractivity contribution in [3.63, 3.8) is 0 Å². The minimum atomic E-state index is -0.303. The van der Waals surface area contributed by atoms with E-state index < -0.39 is 0 Å². The third-order valence-corrected chi connectivity index (χ3v) is 4.48. The van der Waals surface area contributed by atoms with E-state index in [4.69, 9.17) is 9.57 Å². The number of ether oxygens (including phenoxy) is 1. The molecule has 0 aromatic heterocycles. The summed E-state index contributed by atoms with van der Waals surface area (Å²) in [7, 11) is 1.62. The van der Waals surface area contributed by atoms with Crippen molar-refractivity contribution in [2.24, 2.45) is 5.16 Å². The van der Waals surface area contributed by atoms with E-state index >= 15 is 0 Å². The summed E-state index contributed by atoms with van der Waals surface area (Å²) in [5.41, 5.74) is 2.52. The van der Waals surface area contributed by atoms with Crippen LogP contribution in [0.2, 0.25) is 0 Å². The molecule has 1 heterocycles. The monoisotopic (exact) mass is 385 g/mol. The second kappa shape index (κ2) is 9.21. The lowest BCUT2D eigenvalue weighted by Gasteiger charge is -2.25. The lowest BCUT2D eigenvalue weighted by molar-refractivity contribution is 0.0590. The van der Waals surface area contributed by atoms with E-state index in [1.54, 1.807) is 24.1 Å². The quantitative estimate of drug-likeness (QED) is 0.793. The molecule has 0 bridgehead atoms. The van der Waals surface area contributed by atoms with Gasteiger partial charge in [-0.3, -0.25) is 0 Å². The maximum absolute atomic E-state index is 13.2. The first kappa shape index (κ1) is 19.7. The van der Waals surface area contributed by atoms with Gasteiger partial charge in [0.15, 0.2) is 6.10 Å². The van der Waals surface area contributed by atoms with Crippen molar-refractivity contribution in [1.82, 2.24) is 10.2 Å². The maximum Gasteiger partial charge on any atom is 0.317 e. The first-order chi connectivity index (χ1) is 13.6. The van der Waals surface area contributed by atoms with Crippen LogP contribution < -0.4 is 10.1 Å². The highest BCUT2D eigenvalue weighted by Crippen LogP contribution is 2.25. The molecule has 0 saturated carbocycles. The van der Waals surface area contributed by atoms with Gasteiger partial charge in [-0.2, -0.15) is 0 Å². The molecule has 2 aromatic rings. The number of halogens is 1. The topological polar surface area (TPSA) is 63.2 Å². The summed E-state index contributed by atoms with van der Waals surface area (Å²) in [6, 6.07) is 13.6. The second-order valence-electron chi connectivity index (χ2n) is 6.51. The molecule has 2 amide bonds. The van der Waals surface area contributed by atoms with Crippen LogP contribution in [0.1, 0.15) is 24.5 Å². The molecule has 1 unspecified atom stereocenters. The Balaban J connectivity index is 1.68. The Morgan fingerprint density at radius 1 is 1.29 bits per heavy atom. The first-order valence-electron chi connectivity index (χ1n) is 9.24. The number of nitrogens with zero attached hydrogens (tertiary/aromatic N) is 2. The van der Waals surface area contributed by atoms with Gasteiger partial charge in [-0.15, -0.1) is 0 Å². The number of para-hydroxylation sites is 1. The van der Waals surface area contributed by atoms with Crippen LogP contribution in [-0.4, -0.2) is 42.9 Å². The largest absolute Gasteiger partial charge is 0.496 e. The summed E-state index contributed by atoms with van der Waals surface area (Å²) in [6.07, 6.45) is 0.308. The number of carbonyl (C=O) groups is 1. The minimum Gasteiger partial charge on any atom is -0.496 e. The van der Waals surface area contributed by atoms with Crippen molar-refractivity contribution in [2.75, 3.05) is 20.2 Å². The number of urea groups is 1. The summed E-state index contributed by atoms with van der Waals surface area (Å²) in [5, 5.41) is 7.01. The van der Waals surface area contributed by atoms with Gasteiger partial charge >= 0.3 is 6.03 Å². The molecule has 7 heteroatoms. The predicted octanol–water partition coefficient (Wildman–Crippen LogP) is 3.56. The molecule has 1 aliphatic rings. The number of rotatable bonds is 7. The molecule has 0 spiro atoms. The van der Waals surface area contributed by atoms with E-state index in [1.165, 1.54) is 12.1 Å². The van der Waals surface area contributed by atoms with E-state index in [-0.39, 0.29) is 18.0 Å². The summed E-state index contributed by atoms with van der Waals surface area (Å²) < 4.78 is 18.6. The van der Waals surface area contributed by atoms with Crippen LogP contribution in [-0.2, 0) is 11.4 Å². The van der Waals surface area contributed by atoms with E-state index in [2.05, 4.69) is 10.5 Å². The van der Waals surface area contributed by atoms with Gasteiger partial charge in [0, 0.05) is 25.1 Å². The van der Waals surface area contributed by atoms with Crippen LogP contribution in [0.15, 0.2) is 53.7 Å².